The number of guanidine groups is 1. The number of thiocarbonyl (C=S) groups is 1. The second-order valence-corrected chi connectivity index (χ2v) is 3.01. The lowest BCUT2D eigenvalue weighted by atomic mass is 10.3. The van der Waals surface area contributed by atoms with Crippen molar-refractivity contribution in [2.45, 2.75) is 0 Å². The van der Waals surface area contributed by atoms with Crippen molar-refractivity contribution in [1.82, 2.24) is 0 Å². The monoisotopic (exact) mass is 208 g/mol. The summed E-state index contributed by atoms with van der Waals surface area (Å²) in [5.74, 6) is 0.281. The number of hydrogen-bond donors (Lipinski definition) is 2. The fourth-order valence-corrected chi connectivity index (χ4v) is 1.25. The summed E-state index contributed by atoms with van der Waals surface area (Å²) in [6, 6.07) is 9.38. The van der Waals surface area contributed by atoms with Gasteiger partial charge in [-0.3, -0.25) is 9.89 Å². The maximum Gasteiger partial charge on any atom is 0.202 e. The highest BCUT2D eigenvalue weighted by atomic mass is 32.1. The van der Waals surface area contributed by atoms with Crippen molar-refractivity contribution in [3.05, 3.63) is 30.3 Å². The van der Waals surface area contributed by atoms with Gasteiger partial charge in [0.15, 0.2) is 5.11 Å². The maximum absolute atomic E-state index is 5.66. The molecule has 0 unspecified atom stereocenters. The van der Waals surface area contributed by atoms with Crippen LogP contribution in [0, 0.1) is 0 Å². The van der Waals surface area contributed by atoms with Gasteiger partial charge in [-0.1, -0.05) is 18.2 Å². The smallest absolute Gasteiger partial charge is 0.202 e. The van der Waals surface area contributed by atoms with Crippen molar-refractivity contribution in [3.63, 3.8) is 0 Å². The van der Waals surface area contributed by atoms with Crippen LogP contribution in [0.2, 0.25) is 0 Å². The van der Waals surface area contributed by atoms with Gasteiger partial charge in [-0.25, -0.2) is 0 Å². The Morgan fingerprint density at radius 1 is 1.29 bits per heavy atom. The Morgan fingerprint density at radius 3 is 2.29 bits per heavy atom. The number of benzene rings is 1. The van der Waals surface area contributed by atoms with Gasteiger partial charge >= 0.3 is 0 Å². The molecule has 1 aromatic carbocycles. The van der Waals surface area contributed by atoms with Crippen LogP contribution in [0.25, 0.3) is 0 Å². The summed E-state index contributed by atoms with van der Waals surface area (Å²) >= 11 is 4.88. The Bertz CT molecular complexity index is 347. The first-order chi connectivity index (χ1) is 6.66. The Balaban J connectivity index is 3.08. The van der Waals surface area contributed by atoms with E-state index in [2.05, 4.69) is 4.99 Å². The van der Waals surface area contributed by atoms with Gasteiger partial charge in [0.1, 0.15) is 0 Å². The normalized spacial score (nSPS) is 11.1. The van der Waals surface area contributed by atoms with E-state index >= 15 is 0 Å². The van der Waals surface area contributed by atoms with E-state index in [4.69, 9.17) is 23.7 Å². The minimum atomic E-state index is 0.180. The van der Waals surface area contributed by atoms with Crippen molar-refractivity contribution in [3.8, 4) is 0 Å². The highest BCUT2D eigenvalue weighted by Crippen LogP contribution is 2.12. The lowest BCUT2D eigenvalue weighted by Crippen LogP contribution is -2.45. The molecule has 0 aromatic heterocycles. The fourth-order valence-electron chi connectivity index (χ4n) is 1.05. The molecule has 0 aliphatic rings. The van der Waals surface area contributed by atoms with E-state index in [-0.39, 0.29) is 11.1 Å². The van der Waals surface area contributed by atoms with Crippen LogP contribution in [0.15, 0.2) is 35.3 Å². The second-order valence-electron chi connectivity index (χ2n) is 2.59. The van der Waals surface area contributed by atoms with Crippen LogP contribution in [0.5, 0.6) is 0 Å². The van der Waals surface area contributed by atoms with Crippen LogP contribution < -0.4 is 16.4 Å². The van der Waals surface area contributed by atoms with Crippen LogP contribution in [0.4, 0.5) is 5.69 Å². The molecule has 4 nitrogen and oxygen atoms in total. The van der Waals surface area contributed by atoms with E-state index in [0.717, 1.165) is 5.69 Å². The minimum Gasteiger partial charge on any atom is -0.376 e. The molecule has 0 saturated carbocycles. The summed E-state index contributed by atoms with van der Waals surface area (Å²) < 4.78 is 0. The first kappa shape index (κ1) is 10.5. The molecule has 14 heavy (non-hydrogen) atoms. The molecule has 0 heterocycles. The van der Waals surface area contributed by atoms with E-state index in [0.29, 0.717) is 0 Å². The molecular weight excluding hydrogens is 196 g/mol. The molecule has 1 rings (SSSR count). The predicted octanol–water partition coefficient (Wildman–Crippen LogP) is 0.681. The zero-order valence-corrected chi connectivity index (χ0v) is 8.66. The lowest BCUT2D eigenvalue weighted by Gasteiger charge is -2.20. The van der Waals surface area contributed by atoms with Crippen molar-refractivity contribution < 1.29 is 0 Å². The Hall–Kier alpha value is -1.62. The molecule has 74 valence electrons. The number of hydrogen-bond acceptors (Lipinski definition) is 2. The summed E-state index contributed by atoms with van der Waals surface area (Å²) in [6.07, 6.45) is 0. The first-order valence-electron chi connectivity index (χ1n) is 4.03. The van der Waals surface area contributed by atoms with Gasteiger partial charge < -0.3 is 11.5 Å². The molecule has 0 bridgehead atoms. The molecule has 0 radical (unpaired) electrons. The van der Waals surface area contributed by atoms with Gasteiger partial charge in [0.05, 0.1) is 5.69 Å². The quantitative estimate of drug-likeness (QED) is 0.404. The molecule has 5 heteroatoms. The van der Waals surface area contributed by atoms with E-state index in [9.17, 15) is 0 Å². The topological polar surface area (TPSA) is 67.6 Å². The highest BCUT2D eigenvalue weighted by Gasteiger charge is 2.11. The molecule has 0 aliphatic carbocycles. The van der Waals surface area contributed by atoms with E-state index in [1.54, 1.807) is 7.05 Å². The van der Waals surface area contributed by atoms with Gasteiger partial charge in [0.2, 0.25) is 5.96 Å². The summed E-state index contributed by atoms with van der Waals surface area (Å²) in [7, 11) is 1.59. The standard InChI is InChI=1S/C9H12N4S/c1-12-8(10)13(9(11)14)7-5-3-2-4-6-7/h2-6H,1H3,(H2,10,12)(H2,11,14). The zero-order valence-electron chi connectivity index (χ0n) is 7.84. The molecule has 1 aromatic rings. The zero-order chi connectivity index (χ0) is 10.6. The van der Waals surface area contributed by atoms with E-state index in [1.165, 1.54) is 4.90 Å². The van der Waals surface area contributed by atoms with Crippen LogP contribution >= 0.6 is 12.2 Å². The maximum atomic E-state index is 5.66. The number of anilines is 1. The van der Waals surface area contributed by atoms with Crippen molar-refractivity contribution in [2.75, 3.05) is 11.9 Å². The van der Waals surface area contributed by atoms with Crippen LogP contribution in [0.3, 0.4) is 0 Å². The summed E-state index contributed by atoms with van der Waals surface area (Å²) in [5.41, 5.74) is 12.0. The molecule has 4 N–H and O–H groups in total. The summed E-state index contributed by atoms with van der Waals surface area (Å²) in [6.45, 7) is 0. The summed E-state index contributed by atoms with van der Waals surface area (Å²) in [4.78, 5) is 5.35. The van der Waals surface area contributed by atoms with Crippen LogP contribution in [-0.2, 0) is 0 Å². The molecule has 0 aliphatic heterocycles. The fraction of sp³-hybridized carbons (Fsp3) is 0.111. The third kappa shape index (κ3) is 2.20. The molecule has 0 saturated heterocycles. The van der Waals surface area contributed by atoms with Gasteiger partial charge in [-0.05, 0) is 24.4 Å². The first-order valence-corrected chi connectivity index (χ1v) is 4.44. The molecule has 0 spiro atoms. The second kappa shape index (κ2) is 4.57. The minimum absolute atomic E-state index is 0.180. The van der Waals surface area contributed by atoms with Gasteiger partial charge in [0.25, 0.3) is 0 Å². The van der Waals surface area contributed by atoms with Crippen molar-refractivity contribution >= 4 is 29.0 Å². The van der Waals surface area contributed by atoms with Gasteiger partial charge in [-0.15, -0.1) is 0 Å². The van der Waals surface area contributed by atoms with Gasteiger partial charge in [-0.2, -0.15) is 0 Å². The number of nitrogens with two attached hydrogens (primary N) is 2. The Labute approximate surface area is 88.2 Å². The van der Waals surface area contributed by atoms with Gasteiger partial charge in [0, 0.05) is 7.05 Å². The predicted molar refractivity (Wildman–Crippen MR) is 63.3 cm³/mol. The molecule has 0 atom stereocenters. The van der Waals surface area contributed by atoms with E-state index in [1.807, 2.05) is 30.3 Å². The van der Waals surface area contributed by atoms with Crippen molar-refractivity contribution in [1.29, 1.82) is 0 Å². The molecular formula is C9H12N4S. The number of nitrogens with zero attached hydrogens (tertiary/aromatic N) is 2. The van der Waals surface area contributed by atoms with Crippen LogP contribution in [-0.4, -0.2) is 18.1 Å². The Kier molecular flexibility index (Phi) is 3.41. The van der Waals surface area contributed by atoms with Crippen molar-refractivity contribution in [2.24, 2.45) is 16.5 Å². The third-order valence-corrected chi connectivity index (χ3v) is 1.88. The number of aliphatic imine (C=N–C) groups is 1. The van der Waals surface area contributed by atoms with Crippen LogP contribution in [0.1, 0.15) is 0 Å². The Morgan fingerprint density at radius 2 is 1.86 bits per heavy atom. The highest BCUT2D eigenvalue weighted by molar-refractivity contribution is 7.80. The summed E-state index contributed by atoms with van der Waals surface area (Å²) in [5, 5.41) is 0.180. The largest absolute Gasteiger partial charge is 0.376 e. The molecule has 0 amide bonds. The average molecular weight is 208 g/mol. The average Bonchev–Trinajstić information content (AvgIpc) is 2.19. The SMILES string of the molecule is CN=C(N)N(C(N)=S)c1ccccc1. The number of para-hydroxylation sites is 1. The van der Waals surface area contributed by atoms with E-state index < -0.39 is 0 Å². The lowest BCUT2D eigenvalue weighted by molar-refractivity contribution is 1.29. The molecule has 0 fully saturated rings. The third-order valence-electron chi connectivity index (χ3n) is 1.69. The number of rotatable bonds is 1.